The number of hydrogen-bond acceptors (Lipinski definition) is 4. The second-order valence-electron chi connectivity index (χ2n) is 3.20. The zero-order chi connectivity index (χ0) is 11.5. The van der Waals surface area contributed by atoms with Crippen LogP contribution in [0, 0.1) is 18.6 Å². The van der Waals surface area contributed by atoms with Gasteiger partial charge in [-0.25, -0.2) is 18.7 Å². The van der Waals surface area contributed by atoms with Gasteiger partial charge in [-0.15, -0.1) is 11.3 Å². The summed E-state index contributed by atoms with van der Waals surface area (Å²) in [5.74, 6) is -1.35. The van der Waals surface area contributed by atoms with Crippen LogP contribution in [0.1, 0.15) is 9.88 Å². The van der Waals surface area contributed by atoms with Crippen LogP contribution in [-0.4, -0.2) is 9.97 Å². The van der Waals surface area contributed by atoms with Gasteiger partial charge in [0.25, 0.3) is 0 Å². The number of pyridine rings is 1. The molecular formula is C10H9F2N3S. The van der Waals surface area contributed by atoms with Crippen molar-refractivity contribution < 1.29 is 8.78 Å². The van der Waals surface area contributed by atoms with Gasteiger partial charge in [-0.3, -0.25) is 0 Å². The molecule has 0 saturated carbocycles. The third-order valence-corrected chi connectivity index (χ3v) is 2.80. The smallest absolute Gasteiger partial charge is 0.168 e. The standard InChI is InChI=1S/C10H9F2N3S/c1-6-3-13-9(16-6)5-15-10-8(12)2-7(11)4-14-10/h2-4H,5H2,1H3,(H,14,15). The Kier molecular flexibility index (Phi) is 3.09. The van der Waals surface area contributed by atoms with Gasteiger partial charge < -0.3 is 5.32 Å². The van der Waals surface area contributed by atoms with E-state index >= 15 is 0 Å². The van der Waals surface area contributed by atoms with Crippen LogP contribution in [0.4, 0.5) is 14.6 Å². The molecule has 0 saturated heterocycles. The summed E-state index contributed by atoms with van der Waals surface area (Å²) in [7, 11) is 0. The third-order valence-electron chi connectivity index (χ3n) is 1.88. The Morgan fingerprint density at radius 2 is 2.12 bits per heavy atom. The van der Waals surface area contributed by atoms with Crippen LogP contribution in [0.2, 0.25) is 0 Å². The van der Waals surface area contributed by atoms with Crippen LogP contribution in [0.3, 0.4) is 0 Å². The summed E-state index contributed by atoms with van der Waals surface area (Å²) in [6.45, 7) is 2.33. The summed E-state index contributed by atoms with van der Waals surface area (Å²) in [4.78, 5) is 8.81. The lowest BCUT2D eigenvalue weighted by Gasteiger charge is -2.03. The summed E-state index contributed by atoms with van der Waals surface area (Å²) in [5.41, 5.74) is 0. The summed E-state index contributed by atoms with van der Waals surface area (Å²) in [5, 5.41) is 3.60. The van der Waals surface area contributed by atoms with Gasteiger partial charge in [0.05, 0.1) is 12.7 Å². The van der Waals surface area contributed by atoms with Crippen LogP contribution >= 0.6 is 11.3 Å². The van der Waals surface area contributed by atoms with Crippen LogP contribution in [0.25, 0.3) is 0 Å². The van der Waals surface area contributed by atoms with Gasteiger partial charge in [0.1, 0.15) is 10.8 Å². The van der Waals surface area contributed by atoms with E-state index in [4.69, 9.17) is 0 Å². The molecule has 0 radical (unpaired) electrons. The highest BCUT2D eigenvalue weighted by Crippen LogP contribution is 2.15. The van der Waals surface area contributed by atoms with Gasteiger partial charge in [0.2, 0.25) is 0 Å². The summed E-state index contributed by atoms with van der Waals surface area (Å²) in [6.07, 6.45) is 2.72. The molecule has 0 aromatic carbocycles. The van der Waals surface area contributed by atoms with Crippen molar-refractivity contribution in [3.05, 3.63) is 40.0 Å². The molecule has 2 aromatic rings. The first-order chi connectivity index (χ1) is 7.65. The highest BCUT2D eigenvalue weighted by molar-refractivity contribution is 7.11. The van der Waals surface area contributed by atoms with Crippen LogP contribution in [0.5, 0.6) is 0 Å². The molecule has 0 atom stereocenters. The molecule has 0 bridgehead atoms. The van der Waals surface area contributed by atoms with Gasteiger partial charge in [-0.05, 0) is 6.92 Å². The van der Waals surface area contributed by atoms with Crippen molar-refractivity contribution in [3.63, 3.8) is 0 Å². The van der Waals surface area contributed by atoms with E-state index in [-0.39, 0.29) is 5.82 Å². The van der Waals surface area contributed by atoms with E-state index in [0.29, 0.717) is 6.54 Å². The predicted octanol–water partition coefficient (Wildman–Crippen LogP) is 2.74. The predicted molar refractivity (Wildman–Crippen MR) is 58.3 cm³/mol. The average molecular weight is 241 g/mol. The van der Waals surface area contributed by atoms with E-state index in [1.165, 1.54) is 11.3 Å². The lowest BCUT2D eigenvalue weighted by molar-refractivity contribution is 0.575. The van der Waals surface area contributed by atoms with Crippen LogP contribution < -0.4 is 5.32 Å². The van der Waals surface area contributed by atoms with E-state index in [2.05, 4.69) is 15.3 Å². The van der Waals surface area contributed by atoms with Gasteiger partial charge >= 0.3 is 0 Å². The SMILES string of the molecule is Cc1cnc(CNc2ncc(F)cc2F)s1. The van der Waals surface area contributed by atoms with Crippen molar-refractivity contribution in [2.24, 2.45) is 0 Å². The highest BCUT2D eigenvalue weighted by Gasteiger charge is 2.05. The zero-order valence-electron chi connectivity index (χ0n) is 8.50. The molecule has 1 N–H and O–H groups in total. The minimum absolute atomic E-state index is 0.0363. The van der Waals surface area contributed by atoms with Crippen molar-refractivity contribution in [1.29, 1.82) is 0 Å². The number of aryl methyl sites for hydroxylation is 1. The minimum Gasteiger partial charge on any atom is -0.361 e. The third kappa shape index (κ3) is 2.52. The molecule has 2 rings (SSSR count). The molecule has 2 heterocycles. The Labute approximate surface area is 95.2 Å². The largest absolute Gasteiger partial charge is 0.361 e. The maximum absolute atomic E-state index is 13.2. The summed E-state index contributed by atoms with van der Waals surface area (Å²) >= 11 is 1.52. The van der Waals surface area contributed by atoms with E-state index in [1.54, 1.807) is 6.20 Å². The number of nitrogens with zero attached hydrogens (tertiary/aromatic N) is 2. The Hall–Kier alpha value is -1.56. The molecule has 0 spiro atoms. The number of rotatable bonds is 3. The first kappa shape index (κ1) is 10.9. The summed E-state index contributed by atoms with van der Waals surface area (Å²) in [6, 6.07) is 0.794. The number of thiazole rings is 1. The Bertz CT molecular complexity index is 499. The van der Waals surface area contributed by atoms with Crippen molar-refractivity contribution >= 4 is 17.2 Å². The number of hydrogen-bond donors (Lipinski definition) is 1. The molecule has 0 aliphatic carbocycles. The lowest BCUT2D eigenvalue weighted by Crippen LogP contribution is -2.03. The van der Waals surface area contributed by atoms with E-state index in [0.717, 1.165) is 22.1 Å². The molecular weight excluding hydrogens is 232 g/mol. The van der Waals surface area contributed by atoms with E-state index in [1.807, 2.05) is 6.92 Å². The number of anilines is 1. The normalized spacial score (nSPS) is 10.4. The average Bonchev–Trinajstić information content (AvgIpc) is 2.63. The van der Waals surface area contributed by atoms with Crippen LogP contribution in [-0.2, 0) is 6.54 Å². The zero-order valence-corrected chi connectivity index (χ0v) is 9.31. The minimum atomic E-state index is -0.701. The van der Waals surface area contributed by atoms with Crippen molar-refractivity contribution in [2.45, 2.75) is 13.5 Å². The maximum atomic E-state index is 13.2. The van der Waals surface area contributed by atoms with Crippen molar-refractivity contribution in [3.8, 4) is 0 Å². The quantitative estimate of drug-likeness (QED) is 0.897. The fraction of sp³-hybridized carbons (Fsp3) is 0.200. The Morgan fingerprint density at radius 1 is 1.31 bits per heavy atom. The molecule has 0 aliphatic heterocycles. The monoisotopic (exact) mass is 241 g/mol. The first-order valence-corrected chi connectivity index (χ1v) is 5.43. The first-order valence-electron chi connectivity index (χ1n) is 4.61. The number of nitrogens with one attached hydrogen (secondary N) is 1. The second-order valence-corrected chi connectivity index (χ2v) is 4.52. The summed E-state index contributed by atoms with van der Waals surface area (Å²) < 4.78 is 25.7. The second kappa shape index (κ2) is 4.52. The van der Waals surface area contributed by atoms with Crippen molar-refractivity contribution in [2.75, 3.05) is 5.32 Å². The fourth-order valence-corrected chi connectivity index (χ4v) is 1.91. The van der Waals surface area contributed by atoms with Gasteiger partial charge in [-0.2, -0.15) is 0 Å². The van der Waals surface area contributed by atoms with E-state index < -0.39 is 11.6 Å². The Morgan fingerprint density at radius 3 is 2.75 bits per heavy atom. The van der Waals surface area contributed by atoms with Crippen LogP contribution in [0.15, 0.2) is 18.5 Å². The molecule has 0 amide bonds. The molecule has 16 heavy (non-hydrogen) atoms. The molecule has 84 valence electrons. The topological polar surface area (TPSA) is 37.8 Å². The maximum Gasteiger partial charge on any atom is 0.168 e. The lowest BCUT2D eigenvalue weighted by atomic mass is 10.4. The van der Waals surface area contributed by atoms with Gasteiger partial charge in [0.15, 0.2) is 11.6 Å². The van der Waals surface area contributed by atoms with Gasteiger partial charge in [0, 0.05) is 17.1 Å². The molecule has 0 fully saturated rings. The Balaban J connectivity index is 2.04. The number of halogens is 2. The molecule has 3 nitrogen and oxygen atoms in total. The van der Waals surface area contributed by atoms with Gasteiger partial charge in [-0.1, -0.05) is 0 Å². The molecule has 0 aliphatic rings. The molecule has 0 unspecified atom stereocenters. The van der Waals surface area contributed by atoms with E-state index in [9.17, 15) is 8.78 Å². The molecule has 2 aromatic heterocycles. The highest BCUT2D eigenvalue weighted by atomic mass is 32.1. The van der Waals surface area contributed by atoms with Crippen molar-refractivity contribution in [1.82, 2.24) is 9.97 Å². The molecule has 6 heteroatoms. The fourth-order valence-electron chi connectivity index (χ4n) is 1.19. The number of aromatic nitrogens is 2.